The summed E-state index contributed by atoms with van der Waals surface area (Å²) in [6.45, 7) is 0.415. The van der Waals surface area contributed by atoms with Gasteiger partial charge in [0.2, 0.25) is 11.7 Å². The number of oxime groups is 1. The predicted molar refractivity (Wildman–Crippen MR) is 56.9 cm³/mol. The Morgan fingerprint density at radius 1 is 1.69 bits per heavy atom. The average molecular weight is 247 g/mol. The third kappa shape index (κ3) is 3.85. The van der Waals surface area contributed by atoms with E-state index in [1.807, 2.05) is 0 Å². The van der Waals surface area contributed by atoms with Gasteiger partial charge < -0.3 is 10.9 Å². The number of nitrogens with two attached hydrogens (primary N) is 1. The van der Waals surface area contributed by atoms with Crippen molar-refractivity contribution in [3.63, 3.8) is 0 Å². The van der Waals surface area contributed by atoms with E-state index < -0.39 is 9.84 Å². The topological polar surface area (TPSA) is 123 Å². The highest BCUT2D eigenvalue weighted by Gasteiger charge is 2.06. The first kappa shape index (κ1) is 12.4. The average Bonchev–Trinajstić information content (AvgIpc) is 2.63. The van der Waals surface area contributed by atoms with Crippen molar-refractivity contribution in [3.8, 4) is 0 Å². The molecule has 0 aliphatic rings. The first-order chi connectivity index (χ1) is 7.42. The van der Waals surface area contributed by atoms with Gasteiger partial charge in [-0.15, -0.1) is 5.10 Å². The number of nitrogens with zero attached hydrogens (tertiary/aromatic N) is 4. The molecule has 0 aromatic carbocycles. The Kier molecular flexibility index (Phi) is 3.82. The molecule has 90 valence electrons. The summed E-state index contributed by atoms with van der Waals surface area (Å²) in [5, 5.41) is 15.0. The molecule has 8 nitrogen and oxygen atoms in total. The van der Waals surface area contributed by atoms with Crippen LogP contribution in [0.1, 0.15) is 12.2 Å². The summed E-state index contributed by atoms with van der Waals surface area (Å²) < 4.78 is 23.2. The Balaban J connectivity index is 2.53. The standard InChI is InChI=1S/C7H13N5O3S/c1-16(14,15)4-2-3-12-5-9-7(10-12)6(8)11-13/h5,13H,2-4H2,1H3,(H2,8,11). The lowest BCUT2D eigenvalue weighted by Gasteiger charge is -1.98. The van der Waals surface area contributed by atoms with Gasteiger partial charge in [-0.1, -0.05) is 5.16 Å². The van der Waals surface area contributed by atoms with Crippen molar-refractivity contribution >= 4 is 15.7 Å². The van der Waals surface area contributed by atoms with Crippen molar-refractivity contribution in [2.24, 2.45) is 10.9 Å². The third-order valence-corrected chi connectivity index (χ3v) is 2.81. The Bertz CT molecular complexity index is 478. The molecule has 1 aromatic heterocycles. The van der Waals surface area contributed by atoms with E-state index in [0.717, 1.165) is 0 Å². The molecule has 0 saturated heterocycles. The Morgan fingerprint density at radius 2 is 2.38 bits per heavy atom. The van der Waals surface area contributed by atoms with Crippen LogP contribution in [0.3, 0.4) is 0 Å². The molecule has 0 aliphatic heterocycles. The number of rotatable bonds is 5. The molecule has 16 heavy (non-hydrogen) atoms. The van der Waals surface area contributed by atoms with Crippen molar-refractivity contribution in [3.05, 3.63) is 12.2 Å². The van der Waals surface area contributed by atoms with Crippen LogP contribution in [-0.4, -0.2) is 46.2 Å². The molecule has 0 unspecified atom stereocenters. The minimum Gasteiger partial charge on any atom is -0.409 e. The second kappa shape index (κ2) is 4.92. The molecule has 0 saturated carbocycles. The molecule has 0 atom stereocenters. The second-order valence-electron chi connectivity index (χ2n) is 3.30. The summed E-state index contributed by atoms with van der Waals surface area (Å²) in [6.07, 6.45) is 3.02. The summed E-state index contributed by atoms with van der Waals surface area (Å²) in [5.74, 6) is 0.0231. The van der Waals surface area contributed by atoms with E-state index in [-0.39, 0.29) is 17.4 Å². The van der Waals surface area contributed by atoms with E-state index in [1.165, 1.54) is 17.3 Å². The van der Waals surface area contributed by atoms with E-state index in [9.17, 15) is 8.42 Å². The smallest absolute Gasteiger partial charge is 0.219 e. The maximum atomic E-state index is 10.9. The van der Waals surface area contributed by atoms with Crippen molar-refractivity contribution in [2.45, 2.75) is 13.0 Å². The number of hydrogen-bond donors (Lipinski definition) is 2. The Hall–Kier alpha value is -1.64. The monoisotopic (exact) mass is 247 g/mol. The summed E-state index contributed by atoms with van der Waals surface area (Å²) in [4.78, 5) is 3.79. The molecule has 0 radical (unpaired) electrons. The van der Waals surface area contributed by atoms with Crippen LogP contribution in [0.4, 0.5) is 0 Å². The third-order valence-electron chi connectivity index (χ3n) is 1.78. The van der Waals surface area contributed by atoms with Crippen LogP contribution in [0.15, 0.2) is 11.5 Å². The highest BCUT2D eigenvalue weighted by Crippen LogP contribution is 1.95. The molecule has 0 bridgehead atoms. The fourth-order valence-corrected chi connectivity index (χ4v) is 1.71. The number of amidine groups is 1. The molecule has 1 rings (SSSR count). The van der Waals surface area contributed by atoms with Crippen LogP contribution in [-0.2, 0) is 16.4 Å². The zero-order chi connectivity index (χ0) is 12.2. The highest BCUT2D eigenvalue weighted by molar-refractivity contribution is 7.90. The fourth-order valence-electron chi connectivity index (χ4n) is 1.05. The van der Waals surface area contributed by atoms with E-state index in [4.69, 9.17) is 10.9 Å². The van der Waals surface area contributed by atoms with E-state index in [2.05, 4.69) is 15.2 Å². The molecule has 1 aromatic rings. The second-order valence-corrected chi connectivity index (χ2v) is 5.56. The van der Waals surface area contributed by atoms with Gasteiger partial charge in [0.05, 0.1) is 5.75 Å². The highest BCUT2D eigenvalue weighted by atomic mass is 32.2. The number of hydrogen-bond acceptors (Lipinski definition) is 6. The molecule has 9 heteroatoms. The molecular formula is C7H13N5O3S. The van der Waals surface area contributed by atoms with Gasteiger partial charge in [-0.25, -0.2) is 13.4 Å². The van der Waals surface area contributed by atoms with Gasteiger partial charge in [0, 0.05) is 12.8 Å². The lowest BCUT2D eigenvalue weighted by atomic mass is 10.5. The lowest BCUT2D eigenvalue weighted by Crippen LogP contribution is -2.16. The predicted octanol–water partition coefficient (Wildman–Crippen LogP) is -1.19. The van der Waals surface area contributed by atoms with E-state index in [0.29, 0.717) is 13.0 Å². The number of aryl methyl sites for hydroxylation is 1. The van der Waals surface area contributed by atoms with Gasteiger partial charge >= 0.3 is 0 Å². The quantitative estimate of drug-likeness (QED) is 0.292. The van der Waals surface area contributed by atoms with E-state index >= 15 is 0 Å². The molecule has 0 aliphatic carbocycles. The molecule has 0 fully saturated rings. The van der Waals surface area contributed by atoms with Crippen LogP contribution in [0.25, 0.3) is 0 Å². The van der Waals surface area contributed by atoms with E-state index in [1.54, 1.807) is 0 Å². The van der Waals surface area contributed by atoms with Gasteiger partial charge in [-0.3, -0.25) is 4.68 Å². The summed E-state index contributed by atoms with van der Waals surface area (Å²) >= 11 is 0. The lowest BCUT2D eigenvalue weighted by molar-refractivity contribution is 0.318. The van der Waals surface area contributed by atoms with Gasteiger partial charge in [0.1, 0.15) is 16.2 Å². The van der Waals surface area contributed by atoms with Gasteiger partial charge in [-0.2, -0.15) is 0 Å². The molecular weight excluding hydrogens is 234 g/mol. The zero-order valence-corrected chi connectivity index (χ0v) is 9.55. The van der Waals surface area contributed by atoms with Crippen molar-refractivity contribution in [1.82, 2.24) is 14.8 Å². The number of aromatic nitrogens is 3. The van der Waals surface area contributed by atoms with Crippen molar-refractivity contribution in [2.75, 3.05) is 12.0 Å². The zero-order valence-electron chi connectivity index (χ0n) is 8.74. The van der Waals surface area contributed by atoms with Crippen LogP contribution in [0, 0.1) is 0 Å². The van der Waals surface area contributed by atoms with Crippen LogP contribution in [0.5, 0.6) is 0 Å². The van der Waals surface area contributed by atoms with Gasteiger partial charge in [-0.05, 0) is 6.42 Å². The molecule has 3 N–H and O–H groups in total. The van der Waals surface area contributed by atoms with Gasteiger partial charge in [0.25, 0.3) is 0 Å². The fraction of sp³-hybridized carbons (Fsp3) is 0.571. The number of sulfone groups is 1. The molecule has 1 heterocycles. The SMILES string of the molecule is CS(=O)(=O)CCCn1cnc(C(N)=NO)n1. The minimum atomic E-state index is -2.96. The molecule has 0 spiro atoms. The van der Waals surface area contributed by atoms with Crippen LogP contribution in [0.2, 0.25) is 0 Å². The maximum Gasteiger partial charge on any atom is 0.219 e. The summed E-state index contributed by atoms with van der Waals surface area (Å²) in [6, 6.07) is 0. The molecule has 0 amide bonds. The minimum absolute atomic E-state index is 0.0891. The summed E-state index contributed by atoms with van der Waals surface area (Å²) in [5.41, 5.74) is 5.27. The van der Waals surface area contributed by atoms with Crippen molar-refractivity contribution < 1.29 is 13.6 Å². The first-order valence-corrected chi connectivity index (χ1v) is 6.53. The van der Waals surface area contributed by atoms with Crippen LogP contribution < -0.4 is 5.73 Å². The van der Waals surface area contributed by atoms with Crippen molar-refractivity contribution in [1.29, 1.82) is 0 Å². The maximum absolute atomic E-state index is 10.9. The normalized spacial score (nSPS) is 12.9. The summed E-state index contributed by atoms with van der Waals surface area (Å²) in [7, 11) is -2.96. The first-order valence-electron chi connectivity index (χ1n) is 4.47. The largest absolute Gasteiger partial charge is 0.409 e. The van der Waals surface area contributed by atoms with Crippen LogP contribution >= 0.6 is 0 Å². The Labute approximate surface area is 92.7 Å². The Morgan fingerprint density at radius 3 is 2.94 bits per heavy atom. The van der Waals surface area contributed by atoms with Gasteiger partial charge in [0.15, 0.2) is 0 Å².